The van der Waals surface area contributed by atoms with Crippen LogP contribution in [0.15, 0.2) is 48.7 Å². The molecule has 0 saturated carbocycles. The Balaban J connectivity index is 2.25. The summed E-state index contributed by atoms with van der Waals surface area (Å²) in [5.74, 6) is 0.0628. The fourth-order valence-electron chi connectivity index (χ4n) is 3.46. The highest BCUT2D eigenvalue weighted by Gasteiger charge is 2.35. The van der Waals surface area contributed by atoms with Crippen LogP contribution in [-0.4, -0.2) is 18.1 Å². The number of ether oxygens (including phenoxy) is 1. The van der Waals surface area contributed by atoms with Gasteiger partial charge in [0.25, 0.3) is 0 Å². The number of halogens is 1. The second kappa shape index (κ2) is 6.83. The molecule has 0 bridgehead atoms. The lowest BCUT2D eigenvalue weighted by Crippen LogP contribution is -2.29. The molecule has 0 aliphatic carbocycles. The second-order valence-electron chi connectivity index (χ2n) is 6.79. The summed E-state index contributed by atoms with van der Waals surface area (Å²) in [5.41, 5.74) is 3.70. The number of aromatic amines is 1. The lowest BCUT2D eigenvalue weighted by atomic mass is 9.68. The van der Waals surface area contributed by atoms with E-state index in [4.69, 9.17) is 4.74 Å². The van der Waals surface area contributed by atoms with Crippen LogP contribution < -0.4 is 0 Å². The van der Waals surface area contributed by atoms with E-state index < -0.39 is 0 Å². The number of carbonyl (C=O) groups is 1. The summed E-state index contributed by atoms with van der Waals surface area (Å²) in [6.45, 7) is 6.75. The van der Waals surface area contributed by atoms with Gasteiger partial charge in [-0.2, -0.15) is 0 Å². The summed E-state index contributed by atoms with van der Waals surface area (Å²) in [7, 11) is 1.41. The number of rotatable bonds is 4. The fraction of sp³-hybridized carbons (Fsp3) is 0.286. The van der Waals surface area contributed by atoms with Gasteiger partial charge in [-0.05, 0) is 57.8 Å². The smallest absolute Gasteiger partial charge is 0.339 e. The molecule has 0 spiro atoms. The molecule has 1 atom stereocenters. The summed E-state index contributed by atoms with van der Waals surface area (Å²) in [4.78, 5) is 15.4. The van der Waals surface area contributed by atoms with Gasteiger partial charge in [0.1, 0.15) is 0 Å². The summed E-state index contributed by atoms with van der Waals surface area (Å²) in [5, 5.41) is 1.07. The van der Waals surface area contributed by atoms with Crippen LogP contribution in [0.1, 0.15) is 42.3 Å². The lowest BCUT2D eigenvalue weighted by molar-refractivity contribution is 0.0603. The molecule has 1 heterocycles. The van der Waals surface area contributed by atoms with E-state index in [-0.39, 0.29) is 11.4 Å². The highest BCUT2D eigenvalue weighted by molar-refractivity contribution is 14.1. The minimum Gasteiger partial charge on any atom is -0.465 e. The predicted octanol–water partition coefficient (Wildman–Crippen LogP) is 5.52. The van der Waals surface area contributed by atoms with Gasteiger partial charge >= 0.3 is 5.97 Å². The SMILES string of the molecule is COC(=O)c1cccc2c(C(C)(c3ccc(I)cc3)C(C)C)c[nH]c12. The number of carbonyl (C=O) groups excluding carboxylic acids is 1. The molecule has 130 valence electrons. The van der Waals surface area contributed by atoms with Crippen LogP contribution >= 0.6 is 22.6 Å². The van der Waals surface area contributed by atoms with Crippen LogP contribution in [0, 0.1) is 9.49 Å². The molecule has 0 radical (unpaired) electrons. The van der Waals surface area contributed by atoms with Gasteiger partial charge in [-0.3, -0.25) is 0 Å². The van der Waals surface area contributed by atoms with Gasteiger partial charge in [0.15, 0.2) is 0 Å². The van der Waals surface area contributed by atoms with E-state index in [0.717, 1.165) is 10.9 Å². The Labute approximate surface area is 161 Å². The summed E-state index contributed by atoms with van der Waals surface area (Å²) >= 11 is 2.33. The van der Waals surface area contributed by atoms with Crippen molar-refractivity contribution >= 4 is 39.5 Å². The van der Waals surface area contributed by atoms with Crippen molar-refractivity contribution in [1.29, 1.82) is 0 Å². The molecule has 1 N–H and O–H groups in total. The van der Waals surface area contributed by atoms with Gasteiger partial charge in [-0.25, -0.2) is 4.79 Å². The Morgan fingerprint density at radius 3 is 2.44 bits per heavy atom. The number of aromatic nitrogens is 1. The second-order valence-corrected chi connectivity index (χ2v) is 8.03. The quantitative estimate of drug-likeness (QED) is 0.423. The molecule has 0 amide bonds. The Morgan fingerprint density at radius 1 is 1.16 bits per heavy atom. The third kappa shape index (κ3) is 2.97. The van der Waals surface area contributed by atoms with Crippen LogP contribution in [-0.2, 0) is 10.2 Å². The van der Waals surface area contributed by atoms with E-state index in [1.54, 1.807) is 6.07 Å². The van der Waals surface area contributed by atoms with Crippen molar-refractivity contribution in [2.45, 2.75) is 26.2 Å². The maximum absolute atomic E-state index is 12.1. The lowest BCUT2D eigenvalue weighted by Gasteiger charge is -2.34. The van der Waals surface area contributed by atoms with Crippen LogP contribution in [0.4, 0.5) is 0 Å². The minimum atomic E-state index is -0.320. The molecule has 25 heavy (non-hydrogen) atoms. The zero-order valence-corrected chi connectivity index (χ0v) is 17.0. The molecule has 3 nitrogen and oxygen atoms in total. The molecule has 0 aliphatic heterocycles. The van der Waals surface area contributed by atoms with Gasteiger partial charge < -0.3 is 9.72 Å². The Bertz CT molecular complexity index is 911. The van der Waals surface area contributed by atoms with Gasteiger partial charge in [0, 0.05) is 20.6 Å². The van der Waals surface area contributed by atoms with Crippen molar-refractivity contribution in [1.82, 2.24) is 4.98 Å². The average Bonchev–Trinajstić information content (AvgIpc) is 3.05. The van der Waals surface area contributed by atoms with E-state index in [1.807, 2.05) is 12.3 Å². The zero-order chi connectivity index (χ0) is 18.2. The van der Waals surface area contributed by atoms with E-state index in [2.05, 4.69) is 78.7 Å². The Hall–Kier alpha value is -1.82. The monoisotopic (exact) mass is 447 g/mol. The number of hydrogen-bond acceptors (Lipinski definition) is 2. The molecule has 3 aromatic rings. The Morgan fingerprint density at radius 2 is 1.84 bits per heavy atom. The molecule has 0 fully saturated rings. The van der Waals surface area contributed by atoms with Crippen molar-refractivity contribution in [3.05, 3.63) is 68.9 Å². The van der Waals surface area contributed by atoms with E-state index >= 15 is 0 Å². The van der Waals surface area contributed by atoms with Gasteiger partial charge in [-0.15, -0.1) is 0 Å². The maximum Gasteiger partial charge on any atom is 0.339 e. The molecule has 1 unspecified atom stereocenters. The molecular weight excluding hydrogens is 425 g/mol. The largest absolute Gasteiger partial charge is 0.465 e. The average molecular weight is 447 g/mol. The number of H-pyrrole nitrogens is 1. The number of fused-ring (bicyclic) bond motifs is 1. The van der Waals surface area contributed by atoms with Gasteiger partial charge in [0.05, 0.1) is 18.2 Å². The number of methoxy groups -OCH3 is 1. The Kier molecular flexibility index (Phi) is 4.91. The van der Waals surface area contributed by atoms with E-state index in [9.17, 15) is 4.79 Å². The number of esters is 1. The van der Waals surface area contributed by atoms with Crippen molar-refractivity contribution in [3.63, 3.8) is 0 Å². The number of nitrogens with one attached hydrogen (secondary N) is 1. The topological polar surface area (TPSA) is 42.1 Å². The molecule has 2 aromatic carbocycles. The van der Waals surface area contributed by atoms with Crippen LogP contribution in [0.25, 0.3) is 10.9 Å². The normalized spacial score (nSPS) is 13.8. The first kappa shape index (κ1) is 18.0. The first-order valence-electron chi connectivity index (χ1n) is 8.34. The van der Waals surface area contributed by atoms with Crippen molar-refractivity contribution in [2.24, 2.45) is 5.92 Å². The number of hydrogen-bond donors (Lipinski definition) is 1. The minimum absolute atomic E-state index is 0.169. The fourth-order valence-corrected chi connectivity index (χ4v) is 3.82. The van der Waals surface area contributed by atoms with Crippen molar-refractivity contribution in [2.75, 3.05) is 7.11 Å². The molecule has 1 aromatic heterocycles. The first-order chi connectivity index (χ1) is 11.9. The van der Waals surface area contributed by atoms with Crippen LogP contribution in [0.5, 0.6) is 0 Å². The summed E-state index contributed by atoms with van der Waals surface area (Å²) < 4.78 is 6.15. The van der Waals surface area contributed by atoms with Gasteiger partial charge in [0.2, 0.25) is 0 Å². The highest BCUT2D eigenvalue weighted by atomic mass is 127. The summed E-state index contributed by atoms with van der Waals surface area (Å²) in [6.07, 6.45) is 2.04. The number of benzene rings is 2. The predicted molar refractivity (Wildman–Crippen MR) is 110 cm³/mol. The molecule has 0 aliphatic rings. The third-order valence-electron chi connectivity index (χ3n) is 5.28. The first-order valence-corrected chi connectivity index (χ1v) is 9.42. The zero-order valence-electron chi connectivity index (χ0n) is 14.9. The van der Waals surface area contributed by atoms with Crippen molar-refractivity contribution in [3.8, 4) is 0 Å². The highest BCUT2D eigenvalue weighted by Crippen LogP contribution is 2.42. The van der Waals surface area contributed by atoms with Gasteiger partial charge in [-0.1, -0.05) is 45.0 Å². The molecule has 0 saturated heterocycles. The van der Waals surface area contributed by atoms with E-state index in [1.165, 1.54) is 21.8 Å². The third-order valence-corrected chi connectivity index (χ3v) is 6.00. The van der Waals surface area contributed by atoms with Crippen molar-refractivity contribution < 1.29 is 9.53 Å². The van der Waals surface area contributed by atoms with Crippen LogP contribution in [0.3, 0.4) is 0 Å². The van der Waals surface area contributed by atoms with E-state index in [0.29, 0.717) is 11.5 Å². The summed E-state index contributed by atoms with van der Waals surface area (Å²) in [6, 6.07) is 14.5. The maximum atomic E-state index is 12.1. The number of para-hydroxylation sites is 1. The van der Waals surface area contributed by atoms with Crippen LogP contribution in [0.2, 0.25) is 0 Å². The standard InChI is InChI=1S/C21H22INO2/c1-13(2)21(3,14-8-10-15(22)11-9-14)18-12-23-19-16(18)6-5-7-17(19)20(24)25-4/h5-13,23H,1-4H3. The molecule has 4 heteroatoms. The molecule has 3 rings (SSSR count). The molecular formula is C21H22INO2.